The Morgan fingerprint density at radius 1 is 1.21 bits per heavy atom. The van der Waals surface area contributed by atoms with Gasteiger partial charge in [0.1, 0.15) is 6.04 Å². The number of carboxylic acids is 1. The van der Waals surface area contributed by atoms with Gasteiger partial charge in [-0.3, -0.25) is 14.4 Å². The zero-order valence-corrected chi connectivity index (χ0v) is 9.83. The minimum atomic E-state index is -1.30. The van der Waals surface area contributed by atoms with Gasteiger partial charge >= 0.3 is 5.97 Å². The standard InChI is InChI=1S/C12H12N2O5/c15-6-13-9-4-2-1-3-8(9)11(17)5-10(12(18)19)14-7-16/h1-4,6-7,10H,5H2,(H,13,15)(H,14,16)(H,18,19)/t10-/m0/s1. The van der Waals surface area contributed by atoms with E-state index in [0.29, 0.717) is 6.41 Å². The summed E-state index contributed by atoms with van der Waals surface area (Å²) in [6, 6.07) is 4.90. The lowest BCUT2D eigenvalue weighted by Crippen LogP contribution is -2.37. The molecule has 0 aromatic heterocycles. The summed E-state index contributed by atoms with van der Waals surface area (Å²) in [5.74, 6) is -1.80. The number of carbonyl (C=O) groups excluding carboxylic acids is 3. The van der Waals surface area contributed by atoms with Crippen molar-refractivity contribution in [1.29, 1.82) is 0 Å². The smallest absolute Gasteiger partial charge is 0.326 e. The fourth-order valence-electron chi connectivity index (χ4n) is 1.51. The van der Waals surface area contributed by atoms with Crippen LogP contribution < -0.4 is 10.6 Å². The molecule has 7 heteroatoms. The van der Waals surface area contributed by atoms with Crippen molar-refractivity contribution in [1.82, 2.24) is 5.32 Å². The molecule has 1 aromatic carbocycles. The Hall–Kier alpha value is -2.70. The number of hydrogen-bond acceptors (Lipinski definition) is 4. The number of carboxylic acid groups (broad SMARTS) is 1. The van der Waals surface area contributed by atoms with Crippen molar-refractivity contribution in [2.45, 2.75) is 12.5 Å². The molecule has 2 amide bonds. The summed E-state index contributed by atoms with van der Waals surface area (Å²) in [6.45, 7) is 0. The van der Waals surface area contributed by atoms with Gasteiger partial charge in [0.25, 0.3) is 0 Å². The second-order valence-electron chi connectivity index (χ2n) is 3.61. The van der Waals surface area contributed by atoms with Crippen molar-refractivity contribution in [3.63, 3.8) is 0 Å². The van der Waals surface area contributed by atoms with Gasteiger partial charge < -0.3 is 15.7 Å². The van der Waals surface area contributed by atoms with Crippen LogP contribution in [0.1, 0.15) is 16.8 Å². The molecule has 3 N–H and O–H groups in total. The van der Waals surface area contributed by atoms with Crippen LogP contribution in [0.2, 0.25) is 0 Å². The van der Waals surface area contributed by atoms with Gasteiger partial charge in [-0.15, -0.1) is 0 Å². The quantitative estimate of drug-likeness (QED) is 0.453. The van der Waals surface area contributed by atoms with Crippen LogP contribution in [0.5, 0.6) is 0 Å². The van der Waals surface area contributed by atoms with E-state index in [1.807, 2.05) is 5.32 Å². The zero-order valence-electron chi connectivity index (χ0n) is 9.83. The molecule has 19 heavy (non-hydrogen) atoms. The van der Waals surface area contributed by atoms with Crippen molar-refractivity contribution in [2.24, 2.45) is 0 Å². The van der Waals surface area contributed by atoms with Crippen molar-refractivity contribution in [3.05, 3.63) is 29.8 Å². The first-order valence-corrected chi connectivity index (χ1v) is 5.35. The predicted octanol–water partition coefficient (Wildman–Crippen LogP) is 0.0269. The predicted molar refractivity (Wildman–Crippen MR) is 65.7 cm³/mol. The van der Waals surface area contributed by atoms with Gasteiger partial charge in [-0.25, -0.2) is 4.79 Å². The summed E-state index contributed by atoms with van der Waals surface area (Å²) in [5.41, 5.74) is 0.478. The van der Waals surface area contributed by atoms with Crippen LogP contribution in [0, 0.1) is 0 Å². The summed E-state index contributed by atoms with van der Waals surface area (Å²) >= 11 is 0. The summed E-state index contributed by atoms with van der Waals surface area (Å²) in [5, 5.41) is 13.2. The van der Waals surface area contributed by atoms with E-state index in [0.717, 1.165) is 0 Å². The number of anilines is 1. The summed E-state index contributed by atoms with van der Waals surface area (Å²) in [4.78, 5) is 43.4. The maximum absolute atomic E-state index is 12.0. The van der Waals surface area contributed by atoms with E-state index in [2.05, 4.69) is 5.32 Å². The summed E-state index contributed by atoms with van der Waals surface area (Å²) in [6.07, 6.45) is 0.248. The lowest BCUT2D eigenvalue weighted by Gasteiger charge is -2.12. The first-order valence-electron chi connectivity index (χ1n) is 5.35. The monoisotopic (exact) mass is 264 g/mol. The van der Waals surface area contributed by atoms with E-state index < -0.39 is 24.2 Å². The molecule has 1 aromatic rings. The van der Waals surface area contributed by atoms with Crippen molar-refractivity contribution >= 4 is 30.3 Å². The average molecular weight is 264 g/mol. The highest BCUT2D eigenvalue weighted by atomic mass is 16.4. The minimum Gasteiger partial charge on any atom is -0.480 e. The van der Waals surface area contributed by atoms with Gasteiger partial charge in [0, 0.05) is 12.0 Å². The zero-order chi connectivity index (χ0) is 14.3. The topological polar surface area (TPSA) is 113 Å². The Labute approximate surface area is 108 Å². The Kier molecular flexibility index (Phi) is 5.21. The highest BCUT2D eigenvalue weighted by molar-refractivity contribution is 6.04. The molecule has 0 aliphatic rings. The van der Waals surface area contributed by atoms with Gasteiger partial charge in [0.15, 0.2) is 5.78 Å². The molecule has 100 valence electrons. The highest BCUT2D eigenvalue weighted by Gasteiger charge is 2.22. The van der Waals surface area contributed by atoms with Crippen LogP contribution in [0.4, 0.5) is 5.69 Å². The Morgan fingerprint density at radius 3 is 2.47 bits per heavy atom. The molecular formula is C12H12N2O5. The number of aliphatic carboxylic acids is 1. The van der Waals surface area contributed by atoms with Gasteiger partial charge in [0.05, 0.1) is 5.69 Å². The molecular weight excluding hydrogens is 252 g/mol. The molecule has 0 aliphatic carbocycles. The molecule has 0 heterocycles. The van der Waals surface area contributed by atoms with Crippen LogP contribution >= 0.6 is 0 Å². The number of benzene rings is 1. The van der Waals surface area contributed by atoms with Gasteiger partial charge in [-0.2, -0.15) is 0 Å². The van der Waals surface area contributed by atoms with Crippen LogP contribution in [-0.4, -0.2) is 35.7 Å². The largest absolute Gasteiger partial charge is 0.480 e. The van der Waals surface area contributed by atoms with Gasteiger partial charge in [-0.05, 0) is 12.1 Å². The molecule has 1 rings (SSSR count). The second kappa shape index (κ2) is 6.90. The van der Waals surface area contributed by atoms with Crippen LogP contribution in [-0.2, 0) is 14.4 Å². The lowest BCUT2D eigenvalue weighted by molar-refractivity contribution is -0.140. The van der Waals surface area contributed by atoms with E-state index in [-0.39, 0.29) is 17.7 Å². The fraction of sp³-hybridized carbons (Fsp3) is 0.167. The third kappa shape index (κ3) is 3.91. The molecule has 0 fully saturated rings. The van der Waals surface area contributed by atoms with E-state index in [1.54, 1.807) is 12.1 Å². The maximum Gasteiger partial charge on any atom is 0.326 e. The average Bonchev–Trinajstić information content (AvgIpc) is 2.39. The lowest BCUT2D eigenvalue weighted by atomic mass is 10.0. The molecule has 0 spiro atoms. The number of amides is 2. The maximum atomic E-state index is 12.0. The van der Waals surface area contributed by atoms with Crippen LogP contribution in [0.15, 0.2) is 24.3 Å². The number of ketones is 1. The highest BCUT2D eigenvalue weighted by Crippen LogP contribution is 2.17. The Bertz CT molecular complexity index is 501. The molecule has 0 bridgehead atoms. The summed E-state index contributed by atoms with van der Waals surface area (Å²) in [7, 11) is 0. The number of para-hydroxylation sites is 1. The second-order valence-corrected chi connectivity index (χ2v) is 3.61. The third-order valence-electron chi connectivity index (χ3n) is 2.40. The van der Waals surface area contributed by atoms with Crippen molar-refractivity contribution < 1.29 is 24.3 Å². The molecule has 0 aliphatic heterocycles. The number of rotatable bonds is 8. The normalized spacial score (nSPS) is 11.2. The molecule has 0 unspecified atom stereocenters. The van der Waals surface area contributed by atoms with E-state index in [1.165, 1.54) is 12.1 Å². The van der Waals surface area contributed by atoms with Crippen molar-refractivity contribution in [2.75, 3.05) is 5.32 Å². The Balaban J connectivity index is 2.90. The SMILES string of the molecule is O=CNc1ccccc1C(=O)C[C@H](NC=O)C(=O)O. The van der Waals surface area contributed by atoms with E-state index in [4.69, 9.17) is 5.11 Å². The van der Waals surface area contributed by atoms with Gasteiger partial charge in [0.2, 0.25) is 12.8 Å². The van der Waals surface area contributed by atoms with Gasteiger partial charge in [-0.1, -0.05) is 12.1 Å². The third-order valence-corrected chi connectivity index (χ3v) is 2.40. The van der Waals surface area contributed by atoms with E-state index in [9.17, 15) is 19.2 Å². The minimum absolute atomic E-state index is 0.188. The van der Waals surface area contributed by atoms with E-state index >= 15 is 0 Å². The number of Topliss-reactive ketones (excluding diaryl/α,β-unsaturated/α-hetero) is 1. The molecule has 0 radical (unpaired) electrons. The molecule has 0 saturated carbocycles. The Morgan fingerprint density at radius 2 is 1.89 bits per heavy atom. The number of nitrogens with one attached hydrogen (secondary N) is 2. The number of carbonyl (C=O) groups is 4. The molecule has 7 nitrogen and oxygen atoms in total. The number of hydrogen-bond donors (Lipinski definition) is 3. The first-order chi connectivity index (χ1) is 9.10. The molecule has 0 saturated heterocycles. The first kappa shape index (κ1) is 14.4. The molecule has 1 atom stereocenters. The summed E-state index contributed by atoms with van der Waals surface area (Å²) < 4.78 is 0. The van der Waals surface area contributed by atoms with Crippen LogP contribution in [0.3, 0.4) is 0 Å². The van der Waals surface area contributed by atoms with Crippen molar-refractivity contribution in [3.8, 4) is 0 Å². The fourth-order valence-corrected chi connectivity index (χ4v) is 1.51. The van der Waals surface area contributed by atoms with Crippen LogP contribution in [0.25, 0.3) is 0 Å².